The summed E-state index contributed by atoms with van der Waals surface area (Å²) in [6.07, 6.45) is 0. The van der Waals surface area contributed by atoms with Crippen molar-refractivity contribution in [2.45, 2.75) is 4.90 Å². The van der Waals surface area contributed by atoms with Gasteiger partial charge in [0, 0.05) is 24.1 Å². The van der Waals surface area contributed by atoms with E-state index in [0.29, 0.717) is 22.5 Å². The highest BCUT2D eigenvalue weighted by Crippen LogP contribution is 2.28. The Morgan fingerprint density at radius 1 is 1.11 bits per heavy atom. The monoisotopic (exact) mass is 387 g/mol. The molecule has 0 saturated heterocycles. The van der Waals surface area contributed by atoms with Crippen LogP contribution in [0.15, 0.2) is 59.5 Å². The lowest BCUT2D eigenvalue weighted by Crippen LogP contribution is -2.27. The van der Waals surface area contributed by atoms with Gasteiger partial charge in [-0.15, -0.1) is 0 Å². The molecule has 27 heavy (non-hydrogen) atoms. The van der Waals surface area contributed by atoms with Crippen LogP contribution in [-0.2, 0) is 10.0 Å². The molecule has 0 unspecified atom stereocenters. The van der Waals surface area contributed by atoms with Crippen LogP contribution in [0.2, 0.25) is 0 Å². The molecule has 3 aromatic rings. The van der Waals surface area contributed by atoms with E-state index in [1.165, 1.54) is 50.0 Å². The average molecular weight is 387 g/mol. The number of hydrogen-bond donors (Lipinski definition) is 2. The van der Waals surface area contributed by atoms with E-state index in [9.17, 15) is 13.2 Å². The Kier molecular flexibility index (Phi) is 4.98. The molecule has 8 nitrogen and oxygen atoms in total. The fourth-order valence-corrected chi connectivity index (χ4v) is 3.95. The zero-order valence-electron chi connectivity index (χ0n) is 14.6. The van der Waals surface area contributed by atoms with E-state index in [1.54, 1.807) is 24.3 Å². The standard InChI is InChI=1S/C18H17N3O5S/c1-21(14-9-6-13(7-10-14)18(22)20-23)27(24,25)15-5-3-4-12-8-11-16(26-2)19-17(12)15/h3-11,23H,1-2H3,(H,20,22). The first-order valence-corrected chi connectivity index (χ1v) is 9.29. The van der Waals surface area contributed by atoms with Gasteiger partial charge in [0.15, 0.2) is 0 Å². The highest BCUT2D eigenvalue weighted by atomic mass is 32.2. The van der Waals surface area contributed by atoms with Gasteiger partial charge in [0.2, 0.25) is 5.88 Å². The van der Waals surface area contributed by atoms with Gasteiger partial charge in [-0.05, 0) is 36.4 Å². The molecule has 0 radical (unpaired) electrons. The third-order valence-corrected chi connectivity index (χ3v) is 5.92. The molecule has 2 aromatic carbocycles. The Labute approximate surface area is 156 Å². The fraction of sp³-hybridized carbons (Fsp3) is 0.111. The van der Waals surface area contributed by atoms with Crippen LogP contribution in [0.3, 0.4) is 0 Å². The molecule has 9 heteroatoms. The summed E-state index contributed by atoms with van der Waals surface area (Å²) in [5, 5.41) is 9.33. The Morgan fingerprint density at radius 2 is 1.81 bits per heavy atom. The number of hydroxylamine groups is 1. The first-order valence-electron chi connectivity index (χ1n) is 7.85. The van der Waals surface area contributed by atoms with E-state index >= 15 is 0 Å². The van der Waals surface area contributed by atoms with Gasteiger partial charge in [0.05, 0.1) is 18.3 Å². The number of nitrogens with one attached hydrogen (secondary N) is 1. The number of carbonyl (C=O) groups is 1. The molecule has 0 aliphatic heterocycles. The first-order chi connectivity index (χ1) is 12.9. The lowest BCUT2D eigenvalue weighted by Gasteiger charge is -2.20. The van der Waals surface area contributed by atoms with Crippen LogP contribution in [0.4, 0.5) is 5.69 Å². The minimum Gasteiger partial charge on any atom is -0.481 e. The van der Waals surface area contributed by atoms with Gasteiger partial charge in [-0.3, -0.25) is 14.3 Å². The summed E-state index contributed by atoms with van der Waals surface area (Å²) < 4.78 is 32.5. The van der Waals surface area contributed by atoms with E-state index in [1.807, 2.05) is 0 Å². The number of hydrogen-bond acceptors (Lipinski definition) is 6. The molecular weight excluding hydrogens is 370 g/mol. The Morgan fingerprint density at radius 3 is 2.44 bits per heavy atom. The zero-order chi connectivity index (χ0) is 19.6. The molecule has 140 valence electrons. The van der Waals surface area contributed by atoms with Gasteiger partial charge in [-0.2, -0.15) is 0 Å². The van der Waals surface area contributed by atoms with Crippen LogP contribution in [0.1, 0.15) is 10.4 Å². The molecule has 3 rings (SSSR count). The Hall–Kier alpha value is -3.17. The topological polar surface area (TPSA) is 109 Å². The SMILES string of the molecule is COc1ccc2cccc(S(=O)(=O)N(C)c3ccc(C(=O)NO)cc3)c2n1. The smallest absolute Gasteiger partial charge is 0.274 e. The number of fused-ring (bicyclic) bond motifs is 1. The van der Waals surface area contributed by atoms with Gasteiger partial charge in [0.25, 0.3) is 15.9 Å². The van der Waals surface area contributed by atoms with Gasteiger partial charge in [0.1, 0.15) is 4.90 Å². The second kappa shape index (κ2) is 7.22. The minimum atomic E-state index is -3.92. The van der Waals surface area contributed by atoms with E-state index < -0.39 is 15.9 Å². The first kappa shape index (κ1) is 18.6. The van der Waals surface area contributed by atoms with Crippen LogP contribution in [-0.4, -0.2) is 38.7 Å². The normalized spacial score (nSPS) is 11.2. The molecule has 0 spiro atoms. The van der Waals surface area contributed by atoms with E-state index in [4.69, 9.17) is 9.94 Å². The van der Waals surface area contributed by atoms with E-state index in [0.717, 1.165) is 4.31 Å². The number of rotatable bonds is 5. The number of ether oxygens (including phenoxy) is 1. The maximum Gasteiger partial charge on any atom is 0.274 e. The Balaban J connectivity index is 2.06. The summed E-state index contributed by atoms with van der Waals surface area (Å²) in [4.78, 5) is 15.7. The molecule has 1 heterocycles. The summed E-state index contributed by atoms with van der Waals surface area (Å²) >= 11 is 0. The van der Waals surface area contributed by atoms with Crippen molar-refractivity contribution >= 4 is 32.5 Å². The molecule has 2 N–H and O–H groups in total. The zero-order valence-corrected chi connectivity index (χ0v) is 15.4. The van der Waals surface area contributed by atoms with Crippen molar-refractivity contribution in [2.24, 2.45) is 0 Å². The van der Waals surface area contributed by atoms with Crippen LogP contribution in [0.25, 0.3) is 10.9 Å². The van der Waals surface area contributed by atoms with Crippen molar-refractivity contribution < 1.29 is 23.2 Å². The molecule has 1 aromatic heterocycles. The molecule has 0 saturated carbocycles. The maximum atomic E-state index is 13.1. The number of para-hydroxylation sites is 1. The fourth-order valence-electron chi connectivity index (χ4n) is 2.60. The van der Waals surface area contributed by atoms with Crippen molar-refractivity contribution in [2.75, 3.05) is 18.5 Å². The predicted octanol–water partition coefficient (Wildman–Crippen LogP) is 2.19. The van der Waals surface area contributed by atoms with Crippen molar-refractivity contribution in [1.29, 1.82) is 0 Å². The van der Waals surface area contributed by atoms with Crippen molar-refractivity contribution in [3.8, 4) is 5.88 Å². The van der Waals surface area contributed by atoms with Gasteiger partial charge in [-0.1, -0.05) is 12.1 Å². The summed E-state index contributed by atoms with van der Waals surface area (Å²) in [6, 6.07) is 14.1. The molecule has 1 amide bonds. The van der Waals surface area contributed by atoms with E-state index in [-0.39, 0.29) is 10.5 Å². The third-order valence-electron chi connectivity index (χ3n) is 4.10. The number of amides is 1. The van der Waals surface area contributed by atoms with Crippen LogP contribution >= 0.6 is 0 Å². The number of nitrogens with zero attached hydrogens (tertiary/aromatic N) is 2. The van der Waals surface area contributed by atoms with Gasteiger partial charge in [-0.25, -0.2) is 18.9 Å². The largest absolute Gasteiger partial charge is 0.481 e. The Bertz CT molecular complexity index is 1100. The van der Waals surface area contributed by atoms with Crippen molar-refractivity contribution in [3.63, 3.8) is 0 Å². The van der Waals surface area contributed by atoms with Crippen LogP contribution in [0.5, 0.6) is 5.88 Å². The highest BCUT2D eigenvalue weighted by Gasteiger charge is 2.24. The molecule has 0 aliphatic carbocycles. The number of anilines is 1. The highest BCUT2D eigenvalue weighted by molar-refractivity contribution is 7.93. The number of methoxy groups -OCH3 is 1. The lowest BCUT2D eigenvalue weighted by atomic mass is 10.2. The average Bonchev–Trinajstić information content (AvgIpc) is 2.71. The summed E-state index contributed by atoms with van der Waals surface area (Å²) in [5.74, 6) is -0.371. The molecule has 0 fully saturated rings. The molecule has 0 atom stereocenters. The molecule has 0 bridgehead atoms. The molecule has 0 aliphatic rings. The second-order valence-electron chi connectivity index (χ2n) is 5.64. The number of carbonyl (C=O) groups excluding carboxylic acids is 1. The van der Waals surface area contributed by atoms with Crippen molar-refractivity contribution in [3.05, 3.63) is 60.2 Å². The summed E-state index contributed by atoms with van der Waals surface area (Å²) in [7, 11) is -1.04. The van der Waals surface area contributed by atoms with Crippen LogP contribution < -0.4 is 14.5 Å². The summed E-state index contributed by atoms with van der Waals surface area (Å²) in [6.45, 7) is 0. The quantitative estimate of drug-likeness (QED) is 0.513. The lowest BCUT2D eigenvalue weighted by molar-refractivity contribution is 0.0706. The molecular formula is C18H17N3O5S. The van der Waals surface area contributed by atoms with Gasteiger partial charge >= 0.3 is 0 Å². The maximum absolute atomic E-state index is 13.1. The second-order valence-corrected chi connectivity index (χ2v) is 7.58. The number of benzene rings is 2. The van der Waals surface area contributed by atoms with Crippen molar-refractivity contribution in [1.82, 2.24) is 10.5 Å². The minimum absolute atomic E-state index is 0.0403. The van der Waals surface area contributed by atoms with Gasteiger partial charge < -0.3 is 4.74 Å². The number of pyridine rings is 1. The van der Waals surface area contributed by atoms with E-state index in [2.05, 4.69) is 4.98 Å². The summed E-state index contributed by atoms with van der Waals surface area (Å²) in [5.41, 5.74) is 2.38. The predicted molar refractivity (Wildman–Crippen MR) is 99.6 cm³/mol. The number of aromatic nitrogens is 1. The third kappa shape index (κ3) is 3.42. The van der Waals surface area contributed by atoms with Crippen LogP contribution in [0, 0.1) is 0 Å². The number of sulfonamides is 1.